The Morgan fingerprint density at radius 2 is 1.96 bits per heavy atom. The van der Waals surface area contributed by atoms with Gasteiger partial charge in [0.05, 0.1) is 10.7 Å². The maximum atomic E-state index is 12.6. The van der Waals surface area contributed by atoms with Crippen molar-refractivity contribution in [2.75, 3.05) is 0 Å². The van der Waals surface area contributed by atoms with Crippen LogP contribution in [0.15, 0.2) is 47.0 Å². The van der Waals surface area contributed by atoms with Crippen molar-refractivity contribution in [2.24, 2.45) is 0 Å². The molecule has 0 N–H and O–H groups in total. The molecule has 0 saturated carbocycles. The van der Waals surface area contributed by atoms with E-state index in [0.717, 1.165) is 10.7 Å². The molecule has 0 aliphatic heterocycles. The van der Waals surface area contributed by atoms with Crippen LogP contribution >= 0.6 is 11.6 Å². The molecule has 1 aromatic carbocycles. The molecule has 0 radical (unpaired) electrons. The molecule has 0 atom stereocenters. The number of carbonyl (C=O) groups excluding carboxylic acids is 1. The zero-order valence-corrected chi connectivity index (χ0v) is 12.1. The van der Waals surface area contributed by atoms with Gasteiger partial charge in [0.15, 0.2) is 17.7 Å². The lowest BCUT2D eigenvalue weighted by atomic mass is 10.1. The maximum absolute atomic E-state index is 12.6. The van der Waals surface area contributed by atoms with Crippen LogP contribution in [-0.2, 0) is 6.18 Å². The third-order valence-corrected chi connectivity index (χ3v) is 3.40. The van der Waals surface area contributed by atoms with Crippen molar-refractivity contribution in [3.63, 3.8) is 0 Å². The number of furan rings is 1. The van der Waals surface area contributed by atoms with Gasteiger partial charge in [-0.25, -0.2) is 4.68 Å². The van der Waals surface area contributed by atoms with Crippen molar-refractivity contribution >= 4 is 17.9 Å². The van der Waals surface area contributed by atoms with Gasteiger partial charge in [0, 0.05) is 11.8 Å². The molecule has 118 valence electrons. The quantitative estimate of drug-likeness (QED) is 0.654. The minimum absolute atomic E-state index is 0.169. The van der Waals surface area contributed by atoms with E-state index in [4.69, 9.17) is 16.0 Å². The molecule has 3 aromatic rings. The van der Waals surface area contributed by atoms with E-state index in [1.54, 1.807) is 12.1 Å². The molecule has 0 spiro atoms. The van der Waals surface area contributed by atoms with Gasteiger partial charge < -0.3 is 4.42 Å². The van der Waals surface area contributed by atoms with Crippen molar-refractivity contribution in [3.8, 4) is 17.0 Å². The third-order valence-electron chi connectivity index (χ3n) is 3.10. The zero-order valence-electron chi connectivity index (χ0n) is 11.3. The highest BCUT2D eigenvalue weighted by Gasteiger charge is 2.33. The van der Waals surface area contributed by atoms with Gasteiger partial charge in [-0.15, -0.1) is 0 Å². The Labute approximate surface area is 133 Å². The van der Waals surface area contributed by atoms with Crippen LogP contribution in [0.2, 0.25) is 5.02 Å². The summed E-state index contributed by atoms with van der Waals surface area (Å²) in [7, 11) is 0. The van der Waals surface area contributed by atoms with Gasteiger partial charge in [0.1, 0.15) is 5.76 Å². The van der Waals surface area contributed by atoms with Gasteiger partial charge in [0.25, 0.3) is 0 Å². The number of hydrogen-bond acceptors (Lipinski definition) is 3. The molecular formula is C15H8ClF3N2O2. The van der Waals surface area contributed by atoms with Crippen LogP contribution in [0, 0.1) is 0 Å². The standard InChI is InChI=1S/C15H8ClF3N2O2/c16-11-7-9(13-4-2-10(8-22)23-13)1-3-12(11)21-6-5-14(20-21)15(17,18)19/h1-8H. The van der Waals surface area contributed by atoms with Crippen LogP contribution in [-0.4, -0.2) is 16.1 Å². The summed E-state index contributed by atoms with van der Waals surface area (Å²) in [5.74, 6) is 0.596. The summed E-state index contributed by atoms with van der Waals surface area (Å²) in [6, 6.07) is 8.64. The molecule has 0 fully saturated rings. The molecule has 3 rings (SSSR count). The van der Waals surface area contributed by atoms with Crippen molar-refractivity contribution in [1.29, 1.82) is 0 Å². The van der Waals surface area contributed by atoms with Crippen molar-refractivity contribution in [1.82, 2.24) is 9.78 Å². The van der Waals surface area contributed by atoms with E-state index >= 15 is 0 Å². The van der Waals surface area contributed by atoms with Crippen LogP contribution in [0.25, 0.3) is 17.0 Å². The molecule has 0 amide bonds. The number of halogens is 4. The Kier molecular flexibility index (Phi) is 3.73. The second-order valence-electron chi connectivity index (χ2n) is 4.63. The molecule has 0 saturated heterocycles. The lowest BCUT2D eigenvalue weighted by molar-refractivity contribution is -0.141. The smallest absolute Gasteiger partial charge is 0.435 e. The summed E-state index contributed by atoms with van der Waals surface area (Å²) in [4.78, 5) is 10.6. The summed E-state index contributed by atoms with van der Waals surface area (Å²) in [5, 5.41) is 3.67. The van der Waals surface area contributed by atoms with Crippen LogP contribution in [0.1, 0.15) is 16.2 Å². The Balaban J connectivity index is 1.96. The van der Waals surface area contributed by atoms with Gasteiger partial charge >= 0.3 is 6.18 Å². The number of aromatic nitrogens is 2. The Hall–Kier alpha value is -2.54. The van der Waals surface area contributed by atoms with E-state index < -0.39 is 11.9 Å². The van der Waals surface area contributed by atoms with Gasteiger partial charge in [-0.1, -0.05) is 11.6 Å². The van der Waals surface area contributed by atoms with Crippen molar-refractivity contribution in [3.05, 3.63) is 59.1 Å². The molecule has 2 aromatic heterocycles. The monoisotopic (exact) mass is 340 g/mol. The second-order valence-corrected chi connectivity index (χ2v) is 5.04. The molecule has 4 nitrogen and oxygen atoms in total. The van der Waals surface area contributed by atoms with Gasteiger partial charge in [-0.2, -0.15) is 18.3 Å². The Morgan fingerprint density at radius 3 is 2.52 bits per heavy atom. The fourth-order valence-corrected chi connectivity index (χ4v) is 2.29. The predicted molar refractivity (Wildman–Crippen MR) is 76.7 cm³/mol. The number of carbonyl (C=O) groups is 1. The molecule has 2 heterocycles. The minimum atomic E-state index is -4.52. The van der Waals surface area contributed by atoms with Crippen LogP contribution in [0.3, 0.4) is 0 Å². The molecule has 8 heteroatoms. The predicted octanol–water partition coefficient (Wildman–Crippen LogP) is 4.62. The lowest BCUT2D eigenvalue weighted by Crippen LogP contribution is -2.07. The van der Waals surface area contributed by atoms with Crippen molar-refractivity contribution < 1.29 is 22.4 Å². The minimum Gasteiger partial charge on any atom is -0.453 e. The molecule has 0 aliphatic carbocycles. The number of rotatable bonds is 3. The summed E-state index contributed by atoms with van der Waals surface area (Å²) >= 11 is 6.12. The first kappa shape index (κ1) is 15.4. The van der Waals surface area contributed by atoms with Crippen LogP contribution < -0.4 is 0 Å². The molecule has 0 bridgehead atoms. The highest BCUT2D eigenvalue weighted by atomic mass is 35.5. The normalized spacial score (nSPS) is 11.7. The number of aldehydes is 1. The van der Waals surface area contributed by atoms with E-state index in [0.29, 0.717) is 23.3 Å². The summed E-state index contributed by atoms with van der Waals surface area (Å²) in [5.41, 5.74) is -0.109. The third kappa shape index (κ3) is 3.00. The fourth-order valence-electron chi connectivity index (χ4n) is 2.03. The van der Waals surface area contributed by atoms with E-state index in [2.05, 4.69) is 5.10 Å². The van der Waals surface area contributed by atoms with Crippen LogP contribution in [0.5, 0.6) is 0 Å². The lowest BCUT2D eigenvalue weighted by Gasteiger charge is -2.07. The number of nitrogens with zero attached hydrogens (tertiary/aromatic N) is 2. The Bertz CT molecular complexity index is 868. The SMILES string of the molecule is O=Cc1ccc(-c2ccc(-n3ccc(C(F)(F)F)n3)c(Cl)c2)o1. The summed E-state index contributed by atoms with van der Waals surface area (Å²) in [6.07, 6.45) is -2.76. The maximum Gasteiger partial charge on any atom is 0.435 e. The van der Waals surface area contributed by atoms with Gasteiger partial charge in [0.2, 0.25) is 0 Å². The summed E-state index contributed by atoms with van der Waals surface area (Å²) in [6.45, 7) is 0. The Morgan fingerprint density at radius 1 is 1.17 bits per heavy atom. The van der Waals surface area contributed by atoms with Crippen LogP contribution in [0.4, 0.5) is 13.2 Å². The largest absolute Gasteiger partial charge is 0.453 e. The highest BCUT2D eigenvalue weighted by molar-refractivity contribution is 6.32. The van der Waals surface area contributed by atoms with Crippen molar-refractivity contribution in [2.45, 2.75) is 6.18 Å². The first-order valence-corrected chi connectivity index (χ1v) is 6.74. The summed E-state index contributed by atoms with van der Waals surface area (Å²) < 4.78 is 44.1. The van der Waals surface area contributed by atoms with Gasteiger partial charge in [-0.05, 0) is 36.4 Å². The van der Waals surface area contributed by atoms with Gasteiger partial charge in [-0.3, -0.25) is 4.79 Å². The topological polar surface area (TPSA) is 48.0 Å². The van der Waals surface area contributed by atoms with E-state index in [9.17, 15) is 18.0 Å². The zero-order chi connectivity index (χ0) is 16.6. The first-order chi connectivity index (χ1) is 10.9. The number of alkyl halides is 3. The number of benzene rings is 1. The first-order valence-electron chi connectivity index (χ1n) is 6.36. The second kappa shape index (κ2) is 5.58. The fraction of sp³-hybridized carbons (Fsp3) is 0.0667. The van der Waals surface area contributed by atoms with E-state index in [1.165, 1.54) is 24.4 Å². The van der Waals surface area contributed by atoms with E-state index in [-0.39, 0.29) is 10.8 Å². The molecule has 0 aliphatic rings. The van der Waals surface area contributed by atoms with E-state index in [1.807, 2.05) is 0 Å². The average Bonchev–Trinajstić information content (AvgIpc) is 3.16. The number of hydrogen-bond donors (Lipinski definition) is 0. The molecular weight excluding hydrogens is 333 g/mol. The average molecular weight is 341 g/mol. The molecule has 23 heavy (non-hydrogen) atoms. The molecule has 0 unspecified atom stereocenters. The highest BCUT2D eigenvalue weighted by Crippen LogP contribution is 2.31.